The highest BCUT2D eigenvalue weighted by Crippen LogP contribution is 2.41. The molecule has 2 heterocycles. The number of nitrogens with zero attached hydrogens (tertiary/aromatic N) is 2. The largest absolute Gasteiger partial charge is 0.311 e. The standard InChI is InChI=1S/C24H20N4O2/c1-28-23-21(19(14-20(29)25-23)16-8-3-2-4-9-16)22(27-28)26-24(30)18-13-7-11-15-10-5-6-12-17(15)18/h2-13,19H,14H2,1H3,(H,25,29)(H,26,27,30). The highest BCUT2D eigenvalue weighted by molar-refractivity contribution is 6.13. The number of rotatable bonds is 3. The molecule has 5 rings (SSSR count). The summed E-state index contributed by atoms with van der Waals surface area (Å²) in [6, 6.07) is 23.3. The van der Waals surface area contributed by atoms with Crippen LogP contribution in [0, 0.1) is 0 Å². The number of carbonyl (C=O) groups excluding carboxylic acids is 2. The number of benzene rings is 3. The lowest BCUT2D eigenvalue weighted by atomic mass is 9.86. The Morgan fingerprint density at radius 2 is 1.77 bits per heavy atom. The van der Waals surface area contributed by atoms with Gasteiger partial charge in [0.15, 0.2) is 5.82 Å². The molecule has 2 amide bonds. The van der Waals surface area contributed by atoms with Crippen molar-refractivity contribution in [1.82, 2.24) is 9.78 Å². The Hall–Kier alpha value is -3.93. The second-order valence-corrected chi connectivity index (χ2v) is 7.43. The molecular weight excluding hydrogens is 376 g/mol. The topological polar surface area (TPSA) is 76.0 Å². The summed E-state index contributed by atoms with van der Waals surface area (Å²) in [7, 11) is 1.76. The fourth-order valence-corrected chi connectivity index (χ4v) is 4.15. The summed E-state index contributed by atoms with van der Waals surface area (Å²) < 4.78 is 1.61. The minimum Gasteiger partial charge on any atom is -0.311 e. The van der Waals surface area contributed by atoms with Gasteiger partial charge in [0.05, 0.1) is 0 Å². The summed E-state index contributed by atoms with van der Waals surface area (Å²) in [4.78, 5) is 25.5. The lowest BCUT2D eigenvalue weighted by molar-refractivity contribution is -0.116. The number of anilines is 2. The van der Waals surface area contributed by atoms with Crippen molar-refractivity contribution in [2.75, 3.05) is 10.6 Å². The molecule has 1 aliphatic rings. The first-order valence-corrected chi connectivity index (χ1v) is 9.82. The van der Waals surface area contributed by atoms with E-state index in [2.05, 4.69) is 15.7 Å². The highest BCUT2D eigenvalue weighted by atomic mass is 16.2. The Labute approximate surface area is 173 Å². The maximum absolute atomic E-state index is 13.2. The molecule has 1 aromatic heterocycles. The normalized spacial score (nSPS) is 15.5. The van der Waals surface area contributed by atoms with Crippen LogP contribution in [0.15, 0.2) is 72.8 Å². The molecular formula is C24H20N4O2. The summed E-state index contributed by atoms with van der Waals surface area (Å²) in [6.45, 7) is 0. The van der Waals surface area contributed by atoms with Gasteiger partial charge in [-0.15, -0.1) is 0 Å². The van der Waals surface area contributed by atoms with Crippen molar-refractivity contribution in [3.8, 4) is 0 Å². The first-order valence-electron chi connectivity index (χ1n) is 9.82. The van der Waals surface area contributed by atoms with E-state index < -0.39 is 0 Å². The molecule has 0 spiro atoms. The number of fused-ring (bicyclic) bond motifs is 2. The molecule has 0 bridgehead atoms. The average Bonchev–Trinajstić information content (AvgIpc) is 3.08. The van der Waals surface area contributed by atoms with Crippen LogP contribution in [-0.4, -0.2) is 21.6 Å². The van der Waals surface area contributed by atoms with Crippen molar-refractivity contribution >= 4 is 34.2 Å². The molecule has 1 atom stereocenters. The molecule has 0 aliphatic carbocycles. The van der Waals surface area contributed by atoms with Crippen molar-refractivity contribution in [3.05, 3.63) is 89.5 Å². The number of aryl methyl sites for hydroxylation is 1. The minimum atomic E-state index is -0.226. The number of nitrogens with one attached hydrogen (secondary N) is 2. The van der Waals surface area contributed by atoms with Gasteiger partial charge in [0, 0.05) is 30.5 Å². The molecule has 0 fully saturated rings. The monoisotopic (exact) mass is 396 g/mol. The molecule has 1 aliphatic heterocycles. The van der Waals surface area contributed by atoms with E-state index in [1.165, 1.54) is 0 Å². The van der Waals surface area contributed by atoms with Gasteiger partial charge >= 0.3 is 0 Å². The van der Waals surface area contributed by atoms with Crippen LogP contribution in [0.2, 0.25) is 0 Å². The van der Waals surface area contributed by atoms with Gasteiger partial charge in [0.2, 0.25) is 5.91 Å². The molecule has 6 heteroatoms. The van der Waals surface area contributed by atoms with Crippen molar-refractivity contribution in [2.45, 2.75) is 12.3 Å². The van der Waals surface area contributed by atoms with Crippen LogP contribution in [0.3, 0.4) is 0 Å². The van der Waals surface area contributed by atoms with E-state index in [1.54, 1.807) is 11.7 Å². The van der Waals surface area contributed by atoms with Crippen molar-refractivity contribution in [1.29, 1.82) is 0 Å². The number of carbonyl (C=O) groups is 2. The van der Waals surface area contributed by atoms with E-state index in [-0.39, 0.29) is 17.7 Å². The summed E-state index contributed by atoms with van der Waals surface area (Å²) in [5.41, 5.74) is 2.43. The van der Waals surface area contributed by atoms with Crippen LogP contribution in [0.4, 0.5) is 11.6 Å². The Morgan fingerprint density at radius 1 is 1.03 bits per heavy atom. The third kappa shape index (κ3) is 3.03. The summed E-state index contributed by atoms with van der Waals surface area (Å²) in [5.74, 6) is 0.627. The zero-order chi connectivity index (χ0) is 20.7. The second-order valence-electron chi connectivity index (χ2n) is 7.43. The van der Waals surface area contributed by atoms with Crippen LogP contribution in [0.5, 0.6) is 0 Å². The molecule has 6 nitrogen and oxygen atoms in total. The van der Waals surface area contributed by atoms with Crippen LogP contribution in [0.1, 0.15) is 33.8 Å². The first-order chi connectivity index (χ1) is 14.6. The number of amides is 2. The SMILES string of the molecule is Cn1nc(NC(=O)c2cccc3ccccc23)c2c1NC(=O)CC2c1ccccc1. The van der Waals surface area contributed by atoms with Gasteiger partial charge in [-0.3, -0.25) is 14.3 Å². The second kappa shape index (κ2) is 7.15. The predicted octanol–water partition coefficient (Wildman–Crippen LogP) is 4.30. The van der Waals surface area contributed by atoms with Gasteiger partial charge in [-0.1, -0.05) is 66.7 Å². The smallest absolute Gasteiger partial charge is 0.257 e. The van der Waals surface area contributed by atoms with Gasteiger partial charge < -0.3 is 10.6 Å². The molecule has 1 unspecified atom stereocenters. The molecule has 2 N–H and O–H groups in total. The van der Waals surface area contributed by atoms with E-state index >= 15 is 0 Å². The number of hydrogen-bond donors (Lipinski definition) is 2. The lowest BCUT2D eigenvalue weighted by Gasteiger charge is -2.24. The van der Waals surface area contributed by atoms with Gasteiger partial charge in [-0.2, -0.15) is 5.10 Å². The predicted molar refractivity (Wildman–Crippen MR) is 117 cm³/mol. The Balaban J connectivity index is 1.57. The molecule has 148 valence electrons. The van der Waals surface area contributed by atoms with Crippen LogP contribution in [0.25, 0.3) is 10.8 Å². The molecule has 0 saturated carbocycles. The van der Waals surface area contributed by atoms with Crippen molar-refractivity contribution in [3.63, 3.8) is 0 Å². The molecule has 0 radical (unpaired) electrons. The molecule has 30 heavy (non-hydrogen) atoms. The fourth-order valence-electron chi connectivity index (χ4n) is 4.15. The molecule has 4 aromatic rings. The van der Waals surface area contributed by atoms with Gasteiger partial charge in [0.25, 0.3) is 5.91 Å². The lowest BCUT2D eigenvalue weighted by Crippen LogP contribution is -2.25. The van der Waals surface area contributed by atoms with E-state index in [0.29, 0.717) is 23.6 Å². The molecule has 3 aromatic carbocycles. The maximum Gasteiger partial charge on any atom is 0.257 e. The van der Waals surface area contributed by atoms with Crippen molar-refractivity contribution < 1.29 is 9.59 Å². The van der Waals surface area contributed by atoms with E-state index in [1.807, 2.05) is 72.8 Å². The highest BCUT2D eigenvalue weighted by Gasteiger charge is 2.33. The zero-order valence-corrected chi connectivity index (χ0v) is 16.4. The number of aromatic nitrogens is 2. The Bertz CT molecular complexity index is 1270. The number of hydrogen-bond acceptors (Lipinski definition) is 3. The van der Waals surface area contributed by atoms with E-state index in [0.717, 1.165) is 21.9 Å². The van der Waals surface area contributed by atoms with Crippen LogP contribution >= 0.6 is 0 Å². The van der Waals surface area contributed by atoms with Gasteiger partial charge in [0.1, 0.15) is 5.82 Å². The third-order valence-electron chi connectivity index (χ3n) is 5.55. The zero-order valence-electron chi connectivity index (χ0n) is 16.4. The Kier molecular flexibility index (Phi) is 4.32. The summed E-state index contributed by atoms with van der Waals surface area (Å²) in [6.07, 6.45) is 0.305. The van der Waals surface area contributed by atoms with E-state index in [9.17, 15) is 9.59 Å². The quantitative estimate of drug-likeness (QED) is 0.542. The first kappa shape index (κ1) is 18.1. The van der Waals surface area contributed by atoms with Crippen LogP contribution in [-0.2, 0) is 11.8 Å². The van der Waals surface area contributed by atoms with E-state index in [4.69, 9.17) is 0 Å². The van der Waals surface area contributed by atoms with Crippen molar-refractivity contribution in [2.24, 2.45) is 7.05 Å². The van der Waals surface area contributed by atoms with Crippen LogP contribution < -0.4 is 10.6 Å². The molecule has 0 saturated heterocycles. The Morgan fingerprint density at radius 3 is 2.60 bits per heavy atom. The summed E-state index contributed by atoms with van der Waals surface area (Å²) in [5, 5.41) is 12.3. The minimum absolute atomic E-state index is 0.0636. The van der Waals surface area contributed by atoms with Gasteiger partial charge in [-0.25, -0.2) is 0 Å². The maximum atomic E-state index is 13.2. The fraction of sp³-hybridized carbons (Fsp3) is 0.125. The third-order valence-corrected chi connectivity index (χ3v) is 5.55. The average molecular weight is 396 g/mol. The van der Waals surface area contributed by atoms with Gasteiger partial charge in [-0.05, 0) is 22.4 Å². The summed E-state index contributed by atoms with van der Waals surface area (Å²) >= 11 is 0.